The third-order valence-corrected chi connectivity index (χ3v) is 5.16. The van der Waals surface area contributed by atoms with E-state index in [9.17, 15) is 14.4 Å². The zero-order valence-corrected chi connectivity index (χ0v) is 14.6. The van der Waals surface area contributed by atoms with Gasteiger partial charge < -0.3 is 5.32 Å². The van der Waals surface area contributed by atoms with Crippen LogP contribution in [0.1, 0.15) is 56.3 Å². The first-order valence-electron chi connectivity index (χ1n) is 8.88. The first kappa shape index (κ1) is 16.5. The molecular formula is C21H20N2O3. The molecule has 2 aromatic carbocycles. The summed E-state index contributed by atoms with van der Waals surface area (Å²) in [6, 6.07) is 13.4. The van der Waals surface area contributed by atoms with Gasteiger partial charge in [-0.2, -0.15) is 0 Å². The lowest BCUT2D eigenvalue weighted by Gasteiger charge is -2.16. The number of amides is 3. The molecule has 1 aliphatic carbocycles. The van der Waals surface area contributed by atoms with Crippen molar-refractivity contribution in [2.24, 2.45) is 0 Å². The molecular weight excluding hydrogens is 328 g/mol. The van der Waals surface area contributed by atoms with Crippen LogP contribution in [0.15, 0.2) is 42.5 Å². The Morgan fingerprint density at radius 1 is 1.12 bits per heavy atom. The average molecular weight is 348 g/mol. The molecule has 1 heterocycles. The van der Waals surface area contributed by atoms with Crippen LogP contribution in [0.4, 0.5) is 0 Å². The monoisotopic (exact) mass is 348 g/mol. The summed E-state index contributed by atoms with van der Waals surface area (Å²) in [7, 11) is 0. The van der Waals surface area contributed by atoms with Crippen molar-refractivity contribution in [1.82, 2.24) is 10.2 Å². The Labute approximate surface area is 152 Å². The molecule has 0 radical (unpaired) electrons. The third kappa shape index (κ3) is 2.79. The average Bonchev–Trinajstić information content (AvgIpc) is 3.13. The van der Waals surface area contributed by atoms with Crippen LogP contribution in [0, 0.1) is 6.92 Å². The van der Waals surface area contributed by atoms with Crippen molar-refractivity contribution in [1.29, 1.82) is 0 Å². The number of nitrogens with zero attached hydrogens (tertiary/aromatic N) is 1. The van der Waals surface area contributed by atoms with Crippen LogP contribution in [0.2, 0.25) is 0 Å². The molecule has 5 nitrogen and oxygen atoms in total. The van der Waals surface area contributed by atoms with E-state index >= 15 is 0 Å². The van der Waals surface area contributed by atoms with Gasteiger partial charge in [0, 0.05) is 13.0 Å². The maximum atomic E-state index is 12.5. The van der Waals surface area contributed by atoms with Gasteiger partial charge >= 0.3 is 0 Å². The maximum absolute atomic E-state index is 12.5. The molecule has 1 N–H and O–H groups in total. The number of rotatable bonds is 4. The number of nitrogens with one attached hydrogen (secondary N) is 1. The van der Waals surface area contributed by atoms with Crippen LogP contribution in [0.3, 0.4) is 0 Å². The molecule has 4 rings (SSSR count). The first-order valence-corrected chi connectivity index (χ1v) is 8.88. The van der Waals surface area contributed by atoms with Gasteiger partial charge in [-0.1, -0.05) is 35.9 Å². The van der Waals surface area contributed by atoms with Gasteiger partial charge in [0.25, 0.3) is 11.8 Å². The lowest BCUT2D eigenvalue weighted by Crippen LogP contribution is -2.35. The molecule has 26 heavy (non-hydrogen) atoms. The normalized spacial score (nSPS) is 18.0. The SMILES string of the molecule is Cc1ccc2c(c1)C(=O)N(CCC(=O)NC1CCc3ccccc31)C2=O. The quantitative estimate of drug-likeness (QED) is 0.864. The van der Waals surface area contributed by atoms with Crippen molar-refractivity contribution in [3.05, 3.63) is 70.3 Å². The standard InChI is InChI=1S/C21H20N2O3/c1-13-6-8-16-17(12-13)21(26)23(20(16)25)11-10-19(24)22-18-9-7-14-4-2-3-5-15(14)18/h2-6,8,12,18H,7,9-11H2,1H3,(H,22,24). The van der Waals surface area contributed by atoms with Gasteiger partial charge in [0.15, 0.2) is 0 Å². The number of aryl methyl sites for hydroxylation is 2. The molecule has 3 amide bonds. The summed E-state index contributed by atoms with van der Waals surface area (Å²) < 4.78 is 0. The molecule has 2 aromatic rings. The maximum Gasteiger partial charge on any atom is 0.261 e. The summed E-state index contributed by atoms with van der Waals surface area (Å²) in [5.41, 5.74) is 4.22. The van der Waals surface area contributed by atoms with Crippen molar-refractivity contribution in [2.45, 2.75) is 32.2 Å². The van der Waals surface area contributed by atoms with E-state index in [1.165, 1.54) is 10.5 Å². The summed E-state index contributed by atoms with van der Waals surface area (Å²) in [5, 5.41) is 3.03. The number of fused-ring (bicyclic) bond motifs is 2. The fraction of sp³-hybridized carbons (Fsp3) is 0.286. The minimum absolute atomic E-state index is 0.0172. The van der Waals surface area contributed by atoms with Gasteiger partial charge in [0.05, 0.1) is 17.2 Å². The van der Waals surface area contributed by atoms with Crippen molar-refractivity contribution >= 4 is 17.7 Å². The van der Waals surface area contributed by atoms with Crippen LogP contribution >= 0.6 is 0 Å². The summed E-state index contributed by atoms with van der Waals surface area (Å²) >= 11 is 0. The van der Waals surface area contributed by atoms with Gasteiger partial charge in [0.2, 0.25) is 5.91 Å². The highest BCUT2D eigenvalue weighted by Gasteiger charge is 2.35. The third-order valence-electron chi connectivity index (χ3n) is 5.16. The van der Waals surface area contributed by atoms with E-state index in [-0.39, 0.29) is 36.7 Å². The fourth-order valence-corrected chi connectivity index (χ4v) is 3.79. The predicted molar refractivity (Wildman–Crippen MR) is 96.8 cm³/mol. The predicted octanol–water partition coefficient (Wildman–Crippen LogP) is 2.78. The molecule has 0 bridgehead atoms. The Hall–Kier alpha value is -2.95. The molecule has 132 valence electrons. The van der Waals surface area contributed by atoms with Crippen LogP contribution in [0.25, 0.3) is 0 Å². The Morgan fingerprint density at radius 3 is 2.73 bits per heavy atom. The number of benzene rings is 2. The topological polar surface area (TPSA) is 66.5 Å². The summed E-state index contributed by atoms with van der Waals surface area (Å²) in [5.74, 6) is -0.767. The Kier molecular flexibility index (Phi) is 4.07. The highest BCUT2D eigenvalue weighted by Crippen LogP contribution is 2.30. The molecule has 0 saturated heterocycles. The zero-order chi connectivity index (χ0) is 18.3. The first-order chi connectivity index (χ1) is 12.5. The molecule has 1 aliphatic heterocycles. The van der Waals surface area contributed by atoms with Gasteiger partial charge in [0.1, 0.15) is 0 Å². The number of imide groups is 1. The molecule has 0 aromatic heterocycles. The Morgan fingerprint density at radius 2 is 1.88 bits per heavy atom. The number of carbonyl (C=O) groups excluding carboxylic acids is 3. The van der Waals surface area contributed by atoms with Crippen LogP contribution in [0.5, 0.6) is 0 Å². The van der Waals surface area contributed by atoms with E-state index < -0.39 is 0 Å². The molecule has 5 heteroatoms. The number of hydrogen-bond acceptors (Lipinski definition) is 3. The fourth-order valence-electron chi connectivity index (χ4n) is 3.79. The van der Waals surface area contributed by atoms with Gasteiger partial charge in [-0.05, 0) is 43.0 Å². The summed E-state index contributed by atoms with van der Waals surface area (Å²) in [6.07, 6.45) is 1.96. The van der Waals surface area contributed by atoms with E-state index in [1.807, 2.05) is 31.2 Å². The number of hydrogen-bond donors (Lipinski definition) is 1. The van der Waals surface area contributed by atoms with Crippen molar-refractivity contribution < 1.29 is 14.4 Å². The molecule has 0 fully saturated rings. The van der Waals surface area contributed by atoms with Crippen molar-refractivity contribution in [3.63, 3.8) is 0 Å². The van der Waals surface area contributed by atoms with Gasteiger partial charge in [-0.15, -0.1) is 0 Å². The second-order valence-electron chi connectivity index (χ2n) is 6.92. The molecule has 2 aliphatic rings. The van der Waals surface area contributed by atoms with E-state index in [4.69, 9.17) is 0 Å². The van der Waals surface area contributed by atoms with E-state index in [0.717, 1.165) is 24.0 Å². The largest absolute Gasteiger partial charge is 0.349 e. The van der Waals surface area contributed by atoms with E-state index in [2.05, 4.69) is 11.4 Å². The van der Waals surface area contributed by atoms with Crippen molar-refractivity contribution in [3.8, 4) is 0 Å². The van der Waals surface area contributed by atoms with E-state index in [1.54, 1.807) is 12.1 Å². The highest BCUT2D eigenvalue weighted by atomic mass is 16.2. The minimum Gasteiger partial charge on any atom is -0.349 e. The van der Waals surface area contributed by atoms with Crippen molar-refractivity contribution in [2.75, 3.05) is 6.54 Å². The molecule has 1 unspecified atom stereocenters. The lowest BCUT2D eigenvalue weighted by molar-refractivity contribution is -0.121. The highest BCUT2D eigenvalue weighted by molar-refractivity contribution is 6.21. The molecule has 1 atom stereocenters. The smallest absolute Gasteiger partial charge is 0.261 e. The summed E-state index contributed by atoms with van der Waals surface area (Å²) in [4.78, 5) is 38.4. The molecule has 0 saturated carbocycles. The zero-order valence-electron chi connectivity index (χ0n) is 14.6. The minimum atomic E-state index is -0.316. The van der Waals surface area contributed by atoms with E-state index in [0.29, 0.717) is 11.1 Å². The Bertz CT molecular complexity index is 919. The second-order valence-corrected chi connectivity index (χ2v) is 6.92. The van der Waals surface area contributed by atoms with Gasteiger partial charge in [-0.3, -0.25) is 19.3 Å². The van der Waals surface area contributed by atoms with Crippen LogP contribution in [-0.2, 0) is 11.2 Å². The second kappa shape index (κ2) is 6.41. The number of carbonyl (C=O) groups is 3. The van der Waals surface area contributed by atoms with Crippen LogP contribution in [-0.4, -0.2) is 29.2 Å². The van der Waals surface area contributed by atoms with Crippen LogP contribution < -0.4 is 5.32 Å². The lowest BCUT2D eigenvalue weighted by atomic mass is 10.1. The Balaban J connectivity index is 1.39. The molecule has 0 spiro atoms. The summed E-state index contributed by atoms with van der Waals surface area (Å²) in [6.45, 7) is 1.99. The van der Waals surface area contributed by atoms with Gasteiger partial charge in [-0.25, -0.2) is 0 Å².